The molecule has 0 fully saturated rings. The van der Waals surface area contributed by atoms with Gasteiger partial charge in [-0.15, -0.1) is 0 Å². The number of carbonyl (C=O) groups is 1. The summed E-state index contributed by atoms with van der Waals surface area (Å²) in [6.45, 7) is 3.21. The van der Waals surface area contributed by atoms with Crippen LogP contribution in [0.15, 0.2) is 12.1 Å². The smallest absolute Gasteiger partial charge is 0.160 e. The van der Waals surface area contributed by atoms with E-state index in [-0.39, 0.29) is 11.6 Å². The number of carbonyl (C=O) groups excluding carboxylic acids is 1. The lowest BCUT2D eigenvalue weighted by Gasteiger charge is -2.02. The first-order valence-electron chi connectivity index (χ1n) is 3.49. The second kappa shape index (κ2) is 3.51. The van der Waals surface area contributed by atoms with Gasteiger partial charge in [-0.2, -0.15) is 0 Å². The maximum absolute atomic E-state index is 12.9. The maximum Gasteiger partial charge on any atom is 0.160 e. The standard InChI is InChI=1S/C9H8FIO/c1-5-3-8(10)9(11)4-7(5)6(2)12/h3-4H,1-2H3. The highest BCUT2D eigenvalue weighted by molar-refractivity contribution is 14.1. The van der Waals surface area contributed by atoms with E-state index < -0.39 is 0 Å². The number of halogens is 2. The van der Waals surface area contributed by atoms with Crippen molar-refractivity contribution in [1.29, 1.82) is 0 Å². The first-order chi connectivity index (χ1) is 5.52. The van der Waals surface area contributed by atoms with Gasteiger partial charge in [0.05, 0.1) is 0 Å². The third-order valence-corrected chi connectivity index (χ3v) is 2.47. The Morgan fingerprint density at radius 3 is 2.58 bits per heavy atom. The monoisotopic (exact) mass is 278 g/mol. The van der Waals surface area contributed by atoms with Crippen molar-refractivity contribution in [2.75, 3.05) is 0 Å². The van der Waals surface area contributed by atoms with Gasteiger partial charge >= 0.3 is 0 Å². The quantitative estimate of drug-likeness (QED) is 0.570. The first kappa shape index (κ1) is 9.64. The fourth-order valence-electron chi connectivity index (χ4n) is 1.03. The Balaban J connectivity index is 3.33. The van der Waals surface area contributed by atoms with Crippen LogP contribution in [0.25, 0.3) is 0 Å². The van der Waals surface area contributed by atoms with Crippen LogP contribution < -0.4 is 0 Å². The molecular formula is C9H8FIO. The molecule has 0 aliphatic carbocycles. The van der Waals surface area contributed by atoms with Crippen molar-refractivity contribution in [3.05, 3.63) is 32.6 Å². The van der Waals surface area contributed by atoms with Crippen LogP contribution in [0.5, 0.6) is 0 Å². The second-order valence-electron chi connectivity index (χ2n) is 2.64. The molecule has 1 aromatic carbocycles. The van der Waals surface area contributed by atoms with Crippen molar-refractivity contribution in [1.82, 2.24) is 0 Å². The third-order valence-electron chi connectivity index (χ3n) is 1.65. The largest absolute Gasteiger partial charge is 0.295 e. The number of hydrogen-bond acceptors (Lipinski definition) is 1. The Morgan fingerprint density at radius 1 is 1.50 bits per heavy atom. The summed E-state index contributed by atoms with van der Waals surface area (Å²) in [4.78, 5) is 11.0. The van der Waals surface area contributed by atoms with Crippen LogP contribution in [0.1, 0.15) is 22.8 Å². The zero-order valence-electron chi connectivity index (χ0n) is 6.82. The van der Waals surface area contributed by atoms with Gasteiger partial charge in [0.2, 0.25) is 0 Å². The van der Waals surface area contributed by atoms with Gasteiger partial charge in [-0.3, -0.25) is 4.79 Å². The fraction of sp³-hybridized carbons (Fsp3) is 0.222. The molecule has 0 aliphatic heterocycles. The van der Waals surface area contributed by atoms with E-state index in [1.165, 1.54) is 13.0 Å². The Morgan fingerprint density at radius 2 is 2.08 bits per heavy atom. The first-order valence-corrected chi connectivity index (χ1v) is 4.57. The van der Waals surface area contributed by atoms with E-state index in [0.717, 1.165) is 0 Å². The van der Waals surface area contributed by atoms with E-state index in [4.69, 9.17) is 0 Å². The molecular weight excluding hydrogens is 270 g/mol. The Labute approximate surface area is 84.1 Å². The molecule has 0 bridgehead atoms. The molecule has 0 unspecified atom stereocenters. The third kappa shape index (κ3) is 1.83. The van der Waals surface area contributed by atoms with Crippen molar-refractivity contribution in [3.8, 4) is 0 Å². The maximum atomic E-state index is 12.9. The topological polar surface area (TPSA) is 17.1 Å². The molecule has 0 heterocycles. The minimum absolute atomic E-state index is 0.0228. The minimum Gasteiger partial charge on any atom is -0.295 e. The molecule has 64 valence electrons. The Hall–Kier alpha value is -0.450. The predicted octanol–water partition coefficient (Wildman–Crippen LogP) is 2.94. The van der Waals surface area contributed by atoms with Crippen LogP contribution in [0.3, 0.4) is 0 Å². The molecule has 3 heteroatoms. The molecule has 0 spiro atoms. The highest BCUT2D eigenvalue weighted by atomic mass is 127. The van der Waals surface area contributed by atoms with Gasteiger partial charge in [0, 0.05) is 9.13 Å². The number of aryl methyl sites for hydroxylation is 1. The lowest BCUT2D eigenvalue weighted by molar-refractivity contribution is 0.101. The Kier molecular flexibility index (Phi) is 2.82. The van der Waals surface area contributed by atoms with E-state index in [0.29, 0.717) is 14.7 Å². The predicted molar refractivity (Wildman–Crippen MR) is 53.9 cm³/mol. The summed E-state index contributed by atoms with van der Waals surface area (Å²) in [5, 5.41) is 0. The summed E-state index contributed by atoms with van der Waals surface area (Å²) in [6.07, 6.45) is 0. The molecule has 0 radical (unpaired) electrons. The van der Waals surface area contributed by atoms with Gasteiger partial charge in [-0.25, -0.2) is 4.39 Å². The van der Waals surface area contributed by atoms with Crippen molar-refractivity contribution in [3.63, 3.8) is 0 Å². The zero-order chi connectivity index (χ0) is 9.30. The summed E-state index contributed by atoms with van der Waals surface area (Å²) in [7, 11) is 0. The van der Waals surface area contributed by atoms with E-state index in [9.17, 15) is 9.18 Å². The molecule has 0 amide bonds. The lowest BCUT2D eigenvalue weighted by Crippen LogP contribution is -1.98. The molecule has 0 aliphatic rings. The van der Waals surface area contributed by atoms with E-state index >= 15 is 0 Å². The summed E-state index contributed by atoms with van der Waals surface area (Å²) in [6, 6.07) is 2.96. The summed E-state index contributed by atoms with van der Waals surface area (Å²) in [5.74, 6) is -0.288. The average molecular weight is 278 g/mol. The number of Topliss-reactive ketones (excluding diaryl/α,β-unsaturated/α-hetero) is 1. The van der Waals surface area contributed by atoms with Gasteiger partial charge in [-0.1, -0.05) is 0 Å². The van der Waals surface area contributed by atoms with Crippen molar-refractivity contribution in [2.45, 2.75) is 13.8 Å². The molecule has 0 saturated carbocycles. The normalized spacial score (nSPS) is 10.0. The van der Waals surface area contributed by atoms with Crippen LogP contribution in [0.2, 0.25) is 0 Å². The van der Waals surface area contributed by atoms with Crippen molar-refractivity contribution >= 4 is 28.4 Å². The van der Waals surface area contributed by atoms with Crippen LogP contribution >= 0.6 is 22.6 Å². The minimum atomic E-state index is -0.266. The summed E-state index contributed by atoms with van der Waals surface area (Å²) < 4.78 is 13.4. The highest BCUT2D eigenvalue weighted by Crippen LogP contribution is 2.17. The molecule has 1 nitrogen and oxygen atoms in total. The fourth-order valence-corrected chi connectivity index (χ4v) is 1.49. The lowest BCUT2D eigenvalue weighted by atomic mass is 10.1. The van der Waals surface area contributed by atoms with Crippen LogP contribution in [0.4, 0.5) is 4.39 Å². The molecule has 0 N–H and O–H groups in total. The SMILES string of the molecule is CC(=O)c1cc(I)c(F)cc1C. The van der Waals surface area contributed by atoms with Gasteiger partial charge in [0.1, 0.15) is 5.82 Å². The molecule has 12 heavy (non-hydrogen) atoms. The van der Waals surface area contributed by atoms with E-state index in [2.05, 4.69) is 0 Å². The van der Waals surface area contributed by atoms with Gasteiger partial charge in [0.15, 0.2) is 5.78 Å². The molecule has 0 atom stereocenters. The van der Waals surface area contributed by atoms with Crippen molar-refractivity contribution in [2.24, 2.45) is 0 Å². The van der Waals surface area contributed by atoms with Crippen LogP contribution in [0, 0.1) is 16.3 Å². The number of rotatable bonds is 1. The Bertz CT molecular complexity index is 334. The van der Waals surface area contributed by atoms with Crippen molar-refractivity contribution < 1.29 is 9.18 Å². The highest BCUT2D eigenvalue weighted by Gasteiger charge is 2.07. The molecule has 1 aromatic rings. The van der Waals surface area contributed by atoms with Gasteiger partial charge in [-0.05, 0) is 54.1 Å². The van der Waals surface area contributed by atoms with E-state index in [1.807, 2.05) is 22.6 Å². The second-order valence-corrected chi connectivity index (χ2v) is 3.80. The number of hydrogen-bond donors (Lipinski definition) is 0. The van der Waals surface area contributed by atoms with E-state index in [1.54, 1.807) is 13.0 Å². The molecule has 0 aromatic heterocycles. The number of benzene rings is 1. The summed E-state index contributed by atoms with van der Waals surface area (Å²) in [5.41, 5.74) is 1.29. The van der Waals surface area contributed by atoms with Gasteiger partial charge < -0.3 is 0 Å². The van der Waals surface area contributed by atoms with Crippen LogP contribution in [-0.2, 0) is 0 Å². The zero-order valence-corrected chi connectivity index (χ0v) is 8.98. The summed E-state index contributed by atoms with van der Waals surface area (Å²) >= 11 is 1.87. The van der Waals surface area contributed by atoms with Gasteiger partial charge in [0.25, 0.3) is 0 Å². The average Bonchev–Trinajstić information content (AvgIpc) is 1.96. The molecule has 0 saturated heterocycles. The number of ketones is 1. The molecule has 1 rings (SSSR count). The van der Waals surface area contributed by atoms with Crippen LogP contribution in [-0.4, -0.2) is 5.78 Å².